The monoisotopic (exact) mass is 367 g/mol. The van der Waals surface area contributed by atoms with E-state index in [1.165, 1.54) is 13.0 Å². The van der Waals surface area contributed by atoms with E-state index >= 15 is 0 Å². The molecule has 0 N–H and O–H groups in total. The van der Waals surface area contributed by atoms with Crippen molar-refractivity contribution in [3.05, 3.63) is 28.8 Å². The van der Waals surface area contributed by atoms with Gasteiger partial charge in [0, 0.05) is 5.56 Å². The minimum Gasteiger partial charge on any atom is -0.449 e. The van der Waals surface area contributed by atoms with Crippen LogP contribution in [0, 0.1) is 18.4 Å². The van der Waals surface area contributed by atoms with Gasteiger partial charge < -0.3 is 17.1 Å². The number of halogens is 4. The first-order valence-electron chi connectivity index (χ1n) is 6.68. The zero-order valence-corrected chi connectivity index (χ0v) is 14.9. The fourth-order valence-electron chi connectivity index (χ4n) is 1.73. The molecule has 0 spiro atoms. The molecule has 0 aliphatic heterocycles. The van der Waals surface area contributed by atoms with Crippen LogP contribution in [0.5, 0.6) is 5.75 Å². The second-order valence-electron chi connectivity index (χ2n) is 6.15. The van der Waals surface area contributed by atoms with Crippen molar-refractivity contribution < 1.29 is 29.4 Å². The first kappa shape index (κ1) is 19.6. The van der Waals surface area contributed by atoms with Crippen molar-refractivity contribution in [2.75, 3.05) is 0 Å². The van der Waals surface area contributed by atoms with Gasteiger partial charge in [-0.3, -0.25) is 0 Å². The average Bonchev–Trinajstić information content (AvgIpc) is 2.27. The fourth-order valence-corrected chi connectivity index (χ4v) is 2.64. The molecule has 0 heterocycles. The van der Waals surface area contributed by atoms with E-state index in [4.69, 9.17) is 0 Å². The lowest BCUT2D eigenvalue weighted by Gasteiger charge is -2.17. The highest BCUT2D eigenvalue weighted by Gasteiger charge is 2.26. The van der Waals surface area contributed by atoms with E-state index in [1.54, 1.807) is 0 Å². The predicted octanol–water partition coefficient (Wildman–Crippen LogP) is 3.75. The molecule has 10 heteroatoms. The largest absolute Gasteiger partial charge is 0.488 e. The van der Waals surface area contributed by atoms with E-state index in [0.29, 0.717) is 0 Å². The summed E-state index contributed by atoms with van der Waals surface area (Å²) in [5.41, 5.74) is 2.85. The molecule has 23 heavy (non-hydrogen) atoms. The second kappa shape index (κ2) is 6.57. The number of hydrogen-bond donors (Lipinski definition) is 0. The standard InChI is InChI=1S/C13H16BF4O3SSi/c1-10-12(9-14(15,16)17)7-11(5-6-23(2,3)4)8-13(10)21-22(18,19)20/h7-8H,9H2,1-4H3/q-1. The van der Waals surface area contributed by atoms with E-state index in [-0.39, 0.29) is 16.7 Å². The van der Waals surface area contributed by atoms with Crippen LogP contribution in [0.25, 0.3) is 0 Å². The Morgan fingerprint density at radius 3 is 2.22 bits per heavy atom. The molecule has 0 aliphatic rings. The molecule has 0 saturated carbocycles. The van der Waals surface area contributed by atoms with Crippen molar-refractivity contribution >= 4 is 25.6 Å². The Morgan fingerprint density at radius 2 is 1.78 bits per heavy atom. The van der Waals surface area contributed by atoms with Gasteiger partial charge in [-0.15, -0.1) is 5.54 Å². The Morgan fingerprint density at radius 1 is 1.22 bits per heavy atom. The molecule has 0 amide bonds. The molecular weight excluding hydrogens is 351 g/mol. The van der Waals surface area contributed by atoms with Crippen molar-refractivity contribution in [1.82, 2.24) is 0 Å². The third-order valence-corrected chi connectivity index (χ3v) is 3.94. The lowest BCUT2D eigenvalue weighted by molar-refractivity contribution is 0.438. The third kappa shape index (κ3) is 7.56. The van der Waals surface area contributed by atoms with Crippen molar-refractivity contribution in [2.24, 2.45) is 0 Å². The Labute approximate surface area is 134 Å². The molecule has 0 unspecified atom stereocenters. The maximum absolute atomic E-state index is 12.7. The van der Waals surface area contributed by atoms with Crippen molar-refractivity contribution in [2.45, 2.75) is 32.9 Å². The minimum atomic E-state index is -5.34. The summed E-state index contributed by atoms with van der Waals surface area (Å²) in [5, 5.41) is 0. The molecular formula is C13H16BF4O3SSi-. The first-order valence-corrected chi connectivity index (χ1v) is 11.5. The Hall–Kier alpha value is -1.47. The Balaban J connectivity index is 3.44. The zero-order chi connectivity index (χ0) is 18.1. The van der Waals surface area contributed by atoms with Crippen molar-refractivity contribution in [1.29, 1.82) is 0 Å². The lowest BCUT2D eigenvalue weighted by atomic mass is 9.80. The SMILES string of the molecule is Cc1c(C[B-](F)(F)F)cc(C#C[Si](C)(C)C)cc1OS(=O)(=O)F. The number of rotatable bonds is 4. The van der Waals surface area contributed by atoms with Crippen LogP contribution >= 0.6 is 0 Å². The molecule has 0 aliphatic carbocycles. The summed E-state index contributed by atoms with van der Waals surface area (Å²) in [5.74, 6) is 2.24. The molecule has 0 atom stereocenters. The molecule has 0 saturated heterocycles. The van der Waals surface area contributed by atoms with Crippen LogP contribution < -0.4 is 4.18 Å². The molecule has 0 bridgehead atoms. The molecule has 1 aromatic rings. The molecule has 0 fully saturated rings. The Kier molecular flexibility index (Phi) is 5.59. The number of hydrogen-bond acceptors (Lipinski definition) is 3. The van der Waals surface area contributed by atoms with Crippen LogP contribution in [0.15, 0.2) is 12.1 Å². The summed E-state index contributed by atoms with van der Waals surface area (Å²) >= 11 is 0. The second-order valence-corrected chi connectivity index (χ2v) is 11.9. The predicted molar refractivity (Wildman–Crippen MR) is 84.8 cm³/mol. The summed E-state index contributed by atoms with van der Waals surface area (Å²) in [7, 11) is -7.13. The molecule has 3 nitrogen and oxygen atoms in total. The summed E-state index contributed by atoms with van der Waals surface area (Å²) in [6.45, 7) is 1.93. The van der Waals surface area contributed by atoms with Crippen LogP contribution in [0.3, 0.4) is 0 Å². The van der Waals surface area contributed by atoms with Gasteiger partial charge in [-0.2, -0.15) is 8.42 Å². The zero-order valence-electron chi connectivity index (χ0n) is 13.1. The first-order chi connectivity index (χ1) is 10.2. The highest BCUT2D eigenvalue weighted by atomic mass is 32.3. The van der Waals surface area contributed by atoms with Crippen LogP contribution in [-0.4, -0.2) is 23.5 Å². The van der Waals surface area contributed by atoms with Gasteiger partial charge in [0.05, 0.1) is 0 Å². The van der Waals surface area contributed by atoms with Gasteiger partial charge in [0.2, 0.25) is 0 Å². The average molecular weight is 367 g/mol. The molecule has 128 valence electrons. The number of benzene rings is 1. The van der Waals surface area contributed by atoms with E-state index in [2.05, 4.69) is 15.6 Å². The highest BCUT2D eigenvalue weighted by Crippen LogP contribution is 2.29. The molecule has 0 aromatic heterocycles. The van der Waals surface area contributed by atoms with Gasteiger partial charge in [0.25, 0.3) is 0 Å². The normalized spacial score (nSPS) is 12.5. The van der Waals surface area contributed by atoms with Crippen molar-refractivity contribution in [3.63, 3.8) is 0 Å². The lowest BCUT2D eigenvalue weighted by Crippen LogP contribution is -2.20. The van der Waals surface area contributed by atoms with Gasteiger partial charge in [0.15, 0.2) is 0 Å². The Bertz CT molecular complexity index is 758. The van der Waals surface area contributed by atoms with Gasteiger partial charge in [-0.25, -0.2) is 0 Å². The molecule has 1 aromatic carbocycles. The molecule has 1 rings (SSSR count). The van der Waals surface area contributed by atoms with Crippen LogP contribution in [0.4, 0.5) is 16.8 Å². The van der Waals surface area contributed by atoms with E-state index in [0.717, 1.165) is 6.07 Å². The minimum absolute atomic E-state index is 0.0796. The van der Waals surface area contributed by atoms with Gasteiger partial charge in [0.1, 0.15) is 13.8 Å². The fraction of sp³-hybridized carbons (Fsp3) is 0.385. The highest BCUT2D eigenvalue weighted by molar-refractivity contribution is 7.81. The van der Waals surface area contributed by atoms with Gasteiger partial charge >= 0.3 is 17.5 Å². The van der Waals surface area contributed by atoms with E-state index in [1.807, 2.05) is 19.6 Å². The van der Waals surface area contributed by atoms with Crippen molar-refractivity contribution in [3.8, 4) is 17.2 Å². The summed E-state index contributed by atoms with van der Waals surface area (Å²) in [6.07, 6.45) is -1.23. The quantitative estimate of drug-likeness (QED) is 0.352. The van der Waals surface area contributed by atoms with Crippen LogP contribution in [0.2, 0.25) is 19.6 Å². The summed E-state index contributed by atoms with van der Waals surface area (Å²) in [6, 6.07) is 2.36. The summed E-state index contributed by atoms with van der Waals surface area (Å²) < 4.78 is 76.3. The van der Waals surface area contributed by atoms with Crippen LogP contribution in [-0.2, 0) is 16.8 Å². The maximum Gasteiger partial charge on any atom is 0.488 e. The molecule has 0 radical (unpaired) electrons. The maximum atomic E-state index is 12.7. The van der Waals surface area contributed by atoms with Crippen LogP contribution in [0.1, 0.15) is 16.7 Å². The summed E-state index contributed by atoms with van der Waals surface area (Å²) in [4.78, 5) is 0. The van der Waals surface area contributed by atoms with Gasteiger partial charge in [-0.1, -0.05) is 41.3 Å². The van der Waals surface area contributed by atoms with Gasteiger partial charge in [-0.05, 0) is 24.6 Å². The third-order valence-electron chi connectivity index (χ3n) is 2.69. The van der Waals surface area contributed by atoms with E-state index < -0.39 is 37.6 Å². The smallest absolute Gasteiger partial charge is 0.449 e. The van der Waals surface area contributed by atoms with E-state index in [9.17, 15) is 25.3 Å². The topological polar surface area (TPSA) is 43.4 Å².